The summed E-state index contributed by atoms with van der Waals surface area (Å²) in [5.74, 6) is -0.335. The van der Waals surface area contributed by atoms with Crippen molar-refractivity contribution in [3.05, 3.63) is 60.2 Å². The lowest BCUT2D eigenvalue weighted by molar-refractivity contribution is -0.122. The molecule has 1 N–H and O–H groups in total. The molecule has 1 amide bonds. The molecule has 2 aromatic rings. The predicted octanol–water partition coefficient (Wildman–Crippen LogP) is 2.76. The second-order valence-electron chi connectivity index (χ2n) is 7.15. The lowest BCUT2D eigenvalue weighted by Gasteiger charge is -2.28. The summed E-state index contributed by atoms with van der Waals surface area (Å²) in [6, 6.07) is 16.0. The molecule has 0 aromatic heterocycles. The number of sulfonamides is 1. The van der Waals surface area contributed by atoms with Crippen molar-refractivity contribution in [2.45, 2.75) is 32.4 Å². The smallest absolute Gasteiger partial charge is 0.243 e. The summed E-state index contributed by atoms with van der Waals surface area (Å²) < 4.78 is 25.7. The summed E-state index contributed by atoms with van der Waals surface area (Å²) in [6.07, 6.45) is 3.57. The Hall–Kier alpha value is -2.54. The van der Waals surface area contributed by atoms with Gasteiger partial charge in [0.2, 0.25) is 15.9 Å². The van der Waals surface area contributed by atoms with Crippen molar-refractivity contribution in [3.63, 3.8) is 0 Å². The van der Waals surface area contributed by atoms with Gasteiger partial charge in [0.1, 0.15) is 6.04 Å². The van der Waals surface area contributed by atoms with E-state index in [-0.39, 0.29) is 5.91 Å². The minimum Gasteiger partial charge on any atom is -0.372 e. The molecule has 6 nitrogen and oxygen atoms in total. The molecule has 7 heteroatoms. The van der Waals surface area contributed by atoms with Crippen molar-refractivity contribution in [2.75, 3.05) is 28.6 Å². The number of para-hydroxylation sites is 1. The van der Waals surface area contributed by atoms with Crippen molar-refractivity contribution in [1.82, 2.24) is 5.32 Å². The summed E-state index contributed by atoms with van der Waals surface area (Å²) in [5, 5.41) is 2.85. The highest BCUT2D eigenvalue weighted by Crippen LogP contribution is 2.21. The average molecular weight is 402 g/mol. The van der Waals surface area contributed by atoms with Gasteiger partial charge in [-0.1, -0.05) is 30.3 Å². The molecule has 28 heavy (non-hydrogen) atoms. The Balaban J connectivity index is 1.64. The third kappa shape index (κ3) is 4.84. The fourth-order valence-corrected chi connectivity index (χ4v) is 4.70. The maximum atomic E-state index is 12.6. The molecule has 0 bridgehead atoms. The highest BCUT2D eigenvalue weighted by molar-refractivity contribution is 7.92. The fourth-order valence-electron chi connectivity index (χ4n) is 3.52. The van der Waals surface area contributed by atoms with Crippen molar-refractivity contribution in [3.8, 4) is 0 Å². The number of hydrogen-bond acceptors (Lipinski definition) is 4. The van der Waals surface area contributed by atoms with E-state index in [0.717, 1.165) is 29.2 Å². The Morgan fingerprint density at radius 3 is 2.25 bits per heavy atom. The lowest BCUT2D eigenvalue weighted by atomic mass is 10.2. The van der Waals surface area contributed by atoms with E-state index in [1.54, 1.807) is 37.3 Å². The van der Waals surface area contributed by atoms with E-state index in [9.17, 15) is 13.2 Å². The Morgan fingerprint density at radius 2 is 1.68 bits per heavy atom. The number of anilines is 2. The fraction of sp³-hybridized carbons (Fsp3) is 0.381. The lowest BCUT2D eigenvalue weighted by Crippen LogP contribution is -2.47. The van der Waals surface area contributed by atoms with Crippen LogP contribution in [0.3, 0.4) is 0 Å². The number of nitrogens with zero attached hydrogens (tertiary/aromatic N) is 2. The third-order valence-corrected chi connectivity index (χ3v) is 6.22. The zero-order valence-electron chi connectivity index (χ0n) is 16.3. The molecule has 2 aromatic carbocycles. The number of benzene rings is 2. The molecule has 0 unspecified atom stereocenters. The Kier molecular flexibility index (Phi) is 6.24. The molecule has 0 radical (unpaired) electrons. The van der Waals surface area contributed by atoms with E-state index in [4.69, 9.17) is 0 Å². The van der Waals surface area contributed by atoms with E-state index in [1.807, 2.05) is 12.1 Å². The van der Waals surface area contributed by atoms with Gasteiger partial charge < -0.3 is 10.2 Å². The summed E-state index contributed by atoms with van der Waals surface area (Å²) in [7, 11) is -3.59. The van der Waals surface area contributed by atoms with Crippen molar-refractivity contribution < 1.29 is 13.2 Å². The van der Waals surface area contributed by atoms with Crippen LogP contribution in [0.25, 0.3) is 0 Å². The van der Waals surface area contributed by atoms with Crippen molar-refractivity contribution in [1.29, 1.82) is 0 Å². The van der Waals surface area contributed by atoms with E-state index in [0.29, 0.717) is 12.2 Å². The van der Waals surface area contributed by atoms with Crippen LogP contribution in [0.15, 0.2) is 54.6 Å². The van der Waals surface area contributed by atoms with Gasteiger partial charge >= 0.3 is 0 Å². The van der Waals surface area contributed by atoms with Crippen LogP contribution in [-0.4, -0.2) is 39.7 Å². The van der Waals surface area contributed by atoms with E-state index < -0.39 is 16.1 Å². The monoisotopic (exact) mass is 401 g/mol. The highest BCUT2D eigenvalue weighted by atomic mass is 32.2. The van der Waals surface area contributed by atoms with E-state index >= 15 is 0 Å². The molecular formula is C21H27N3O3S. The van der Waals surface area contributed by atoms with E-state index in [1.165, 1.54) is 18.5 Å². The second kappa shape index (κ2) is 8.65. The van der Waals surface area contributed by atoms with Crippen LogP contribution in [0.2, 0.25) is 0 Å². The van der Waals surface area contributed by atoms with Gasteiger partial charge in [-0.25, -0.2) is 8.42 Å². The molecule has 1 saturated heterocycles. The van der Waals surface area contributed by atoms with Gasteiger partial charge in [-0.3, -0.25) is 9.10 Å². The molecule has 1 aliphatic heterocycles. The van der Waals surface area contributed by atoms with Gasteiger partial charge in [-0.2, -0.15) is 0 Å². The van der Waals surface area contributed by atoms with Gasteiger partial charge in [-0.15, -0.1) is 0 Å². The van der Waals surface area contributed by atoms with Crippen LogP contribution in [0.4, 0.5) is 11.4 Å². The van der Waals surface area contributed by atoms with Crippen LogP contribution in [0.1, 0.15) is 25.3 Å². The van der Waals surface area contributed by atoms with E-state index in [2.05, 4.69) is 22.3 Å². The van der Waals surface area contributed by atoms with Crippen LogP contribution < -0.4 is 14.5 Å². The number of amides is 1. The molecule has 1 fully saturated rings. The Morgan fingerprint density at radius 1 is 1.07 bits per heavy atom. The van der Waals surface area contributed by atoms with Gasteiger partial charge in [0.05, 0.1) is 11.9 Å². The van der Waals surface area contributed by atoms with Gasteiger partial charge in [0.25, 0.3) is 0 Å². The van der Waals surface area contributed by atoms with Crippen molar-refractivity contribution in [2.24, 2.45) is 0 Å². The number of carbonyl (C=O) groups is 1. The van der Waals surface area contributed by atoms with Gasteiger partial charge in [0.15, 0.2) is 0 Å². The van der Waals surface area contributed by atoms with Crippen LogP contribution in [0, 0.1) is 0 Å². The SMILES string of the molecule is C[C@@H](C(=O)NCc1ccc(N2CCCC2)cc1)N(c1ccccc1)S(C)(=O)=O. The molecule has 0 aliphatic carbocycles. The minimum absolute atomic E-state index is 0.335. The normalized spacial score (nSPS) is 15.3. The van der Waals surface area contributed by atoms with Gasteiger partial charge in [-0.05, 0) is 49.6 Å². The quantitative estimate of drug-likeness (QED) is 0.775. The topological polar surface area (TPSA) is 69.7 Å². The first-order valence-corrected chi connectivity index (χ1v) is 11.4. The highest BCUT2D eigenvalue weighted by Gasteiger charge is 2.28. The number of rotatable bonds is 7. The number of carbonyl (C=O) groups excluding carboxylic acids is 1. The summed E-state index contributed by atoms with van der Waals surface area (Å²) in [5.41, 5.74) is 2.66. The first-order chi connectivity index (χ1) is 13.4. The largest absolute Gasteiger partial charge is 0.372 e. The summed E-state index contributed by atoms with van der Waals surface area (Å²) in [4.78, 5) is 15.0. The standard InChI is InChI=1S/C21H27N3O3S/c1-17(24(28(2,26)27)20-8-4-3-5-9-20)21(25)22-16-18-10-12-19(13-11-18)23-14-6-7-15-23/h3-5,8-13,17H,6-7,14-16H2,1-2H3,(H,22,25)/t17-/m0/s1. The van der Waals surface area contributed by atoms with Crippen LogP contribution in [-0.2, 0) is 21.4 Å². The summed E-state index contributed by atoms with van der Waals surface area (Å²) >= 11 is 0. The molecular weight excluding hydrogens is 374 g/mol. The average Bonchev–Trinajstić information content (AvgIpc) is 3.21. The maximum Gasteiger partial charge on any atom is 0.243 e. The minimum atomic E-state index is -3.59. The molecule has 0 spiro atoms. The Labute approximate surface area is 167 Å². The Bertz CT molecular complexity index is 892. The number of nitrogens with one attached hydrogen (secondary N) is 1. The summed E-state index contributed by atoms with van der Waals surface area (Å²) in [6.45, 7) is 4.14. The molecule has 1 heterocycles. The van der Waals surface area contributed by atoms with Crippen LogP contribution >= 0.6 is 0 Å². The molecule has 3 rings (SSSR count). The number of hydrogen-bond donors (Lipinski definition) is 1. The zero-order chi connectivity index (χ0) is 20.1. The predicted molar refractivity (Wildman–Crippen MR) is 113 cm³/mol. The van der Waals surface area contributed by atoms with Crippen LogP contribution in [0.5, 0.6) is 0 Å². The van der Waals surface area contributed by atoms with Gasteiger partial charge in [0, 0.05) is 25.3 Å². The van der Waals surface area contributed by atoms with Crippen molar-refractivity contribution >= 4 is 27.3 Å². The molecule has 1 aliphatic rings. The first-order valence-electron chi connectivity index (χ1n) is 9.52. The third-order valence-electron chi connectivity index (χ3n) is 4.97. The molecule has 1 atom stereocenters. The second-order valence-corrected chi connectivity index (χ2v) is 9.01. The molecule has 0 saturated carbocycles. The molecule has 150 valence electrons. The maximum absolute atomic E-state index is 12.6. The zero-order valence-corrected chi connectivity index (χ0v) is 17.2. The first kappa shape index (κ1) is 20.2.